The largest absolute Gasteiger partial charge is 0.507 e. The summed E-state index contributed by atoms with van der Waals surface area (Å²) in [6.07, 6.45) is 3.13. The topological polar surface area (TPSA) is 114 Å². The lowest BCUT2D eigenvalue weighted by molar-refractivity contribution is 0.0438. The number of nitrogens with zero attached hydrogens (tertiary/aromatic N) is 6. The molecule has 2 aromatic rings. The van der Waals surface area contributed by atoms with Gasteiger partial charge >= 0.3 is 6.09 Å². The molecule has 1 spiro atoms. The number of likely N-dealkylation sites (N-methyl/N-ethyl adjacent to an activating group) is 1. The highest BCUT2D eigenvalue weighted by molar-refractivity contribution is 5.97. The minimum absolute atomic E-state index is 0.126. The fraction of sp³-hybridized carbons (Fsp3) is 0.471. The monoisotopic (exact) mass is 372 g/mol. The molecule has 142 valence electrons. The molecule has 4 rings (SSSR count). The van der Waals surface area contributed by atoms with Crippen LogP contribution in [0.5, 0.6) is 5.75 Å². The minimum atomic E-state index is -0.521. The number of rotatable bonds is 2. The third-order valence-electron chi connectivity index (χ3n) is 5.15. The van der Waals surface area contributed by atoms with Crippen LogP contribution in [0.15, 0.2) is 24.5 Å². The van der Waals surface area contributed by atoms with E-state index >= 15 is 0 Å². The predicted molar refractivity (Wildman–Crippen MR) is 92.4 cm³/mol. The highest BCUT2D eigenvalue weighted by Gasteiger charge is 2.44. The maximum atomic E-state index is 12.9. The van der Waals surface area contributed by atoms with E-state index in [1.54, 1.807) is 29.0 Å². The van der Waals surface area contributed by atoms with Crippen LogP contribution in [-0.2, 0) is 4.74 Å². The average Bonchev–Trinajstić information content (AvgIpc) is 3.21. The molecule has 27 heavy (non-hydrogen) atoms. The quantitative estimate of drug-likeness (QED) is 0.830. The van der Waals surface area contributed by atoms with Crippen molar-refractivity contribution in [2.24, 2.45) is 0 Å². The summed E-state index contributed by atoms with van der Waals surface area (Å²) in [4.78, 5) is 27.9. The summed E-state index contributed by atoms with van der Waals surface area (Å²) in [7, 11) is 1.72. The zero-order chi connectivity index (χ0) is 19.0. The lowest BCUT2D eigenvalue weighted by Crippen LogP contribution is -2.36. The zero-order valence-electron chi connectivity index (χ0n) is 14.9. The molecule has 10 heteroatoms. The van der Waals surface area contributed by atoms with Crippen molar-refractivity contribution in [3.8, 4) is 11.4 Å². The minimum Gasteiger partial charge on any atom is -0.507 e. The normalized spacial score (nSPS) is 22.8. The first-order chi connectivity index (χ1) is 13.0. The number of ether oxygens (including phenoxy) is 1. The third-order valence-corrected chi connectivity index (χ3v) is 5.15. The highest BCUT2D eigenvalue weighted by Crippen LogP contribution is 2.33. The molecule has 0 aliphatic carbocycles. The van der Waals surface area contributed by atoms with Crippen molar-refractivity contribution in [2.75, 3.05) is 26.7 Å². The van der Waals surface area contributed by atoms with Gasteiger partial charge < -0.3 is 19.6 Å². The van der Waals surface area contributed by atoms with Gasteiger partial charge in [0, 0.05) is 32.6 Å². The summed E-state index contributed by atoms with van der Waals surface area (Å²) in [5.74, 6) is -0.371. The van der Waals surface area contributed by atoms with E-state index in [4.69, 9.17) is 4.74 Å². The fourth-order valence-electron chi connectivity index (χ4n) is 3.72. The molecule has 1 aromatic carbocycles. The molecular weight excluding hydrogens is 352 g/mol. The second-order valence-corrected chi connectivity index (χ2v) is 7.01. The number of hydrogen-bond donors (Lipinski definition) is 1. The van der Waals surface area contributed by atoms with E-state index in [-0.39, 0.29) is 23.3 Å². The number of carbonyl (C=O) groups is 2. The number of aromatic nitrogens is 4. The summed E-state index contributed by atoms with van der Waals surface area (Å²) in [6, 6.07) is 4.70. The molecule has 2 saturated heterocycles. The lowest BCUT2D eigenvalue weighted by atomic mass is 9.95. The van der Waals surface area contributed by atoms with Gasteiger partial charge in [0.15, 0.2) is 0 Å². The Morgan fingerprint density at radius 1 is 1.30 bits per heavy atom. The molecule has 0 saturated carbocycles. The first-order valence-corrected chi connectivity index (χ1v) is 8.77. The van der Waals surface area contributed by atoms with Crippen LogP contribution < -0.4 is 0 Å². The Bertz CT molecular complexity index is 870. The first-order valence-electron chi connectivity index (χ1n) is 8.77. The van der Waals surface area contributed by atoms with Crippen LogP contribution in [0.25, 0.3) is 5.69 Å². The number of phenolic OH excluding ortho intramolecular Hbond substituents is 1. The lowest BCUT2D eigenvalue weighted by Gasteiger charge is -2.25. The molecule has 0 unspecified atom stereocenters. The van der Waals surface area contributed by atoms with Crippen molar-refractivity contribution in [3.05, 3.63) is 30.1 Å². The van der Waals surface area contributed by atoms with Crippen LogP contribution in [0.1, 0.15) is 29.6 Å². The number of amides is 2. The van der Waals surface area contributed by atoms with Gasteiger partial charge in [-0.2, -0.15) is 0 Å². The molecule has 1 aromatic heterocycles. The average molecular weight is 372 g/mol. The highest BCUT2D eigenvalue weighted by atomic mass is 16.6. The molecule has 1 N–H and O–H groups in total. The molecule has 3 heterocycles. The molecule has 2 amide bonds. The molecular formula is C17H20N6O4. The van der Waals surface area contributed by atoms with Crippen LogP contribution in [-0.4, -0.2) is 79.4 Å². The Balaban J connectivity index is 1.49. The second-order valence-electron chi connectivity index (χ2n) is 7.01. The first kappa shape index (κ1) is 17.3. The summed E-state index contributed by atoms with van der Waals surface area (Å²) < 4.78 is 6.97. The van der Waals surface area contributed by atoms with Gasteiger partial charge in [-0.15, -0.1) is 5.10 Å². The molecule has 2 fully saturated rings. The summed E-state index contributed by atoms with van der Waals surface area (Å²) in [6.45, 7) is 1.56. The Morgan fingerprint density at radius 2 is 2.15 bits per heavy atom. The molecule has 1 atom stereocenters. The number of likely N-dealkylation sites (tertiary alicyclic amines) is 1. The Labute approximate surface area is 155 Å². The number of phenols is 1. The van der Waals surface area contributed by atoms with E-state index in [2.05, 4.69) is 15.5 Å². The van der Waals surface area contributed by atoms with Gasteiger partial charge in [0.05, 0.1) is 17.8 Å². The van der Waals surface area contributed by atoms with Gasteiger partial charge in [-0.25, -0.2) is 9.48 Å². The predicted octanol–water partition coefficient (Wildman–Crippen LogP) is 0.815. The van der Waals surface area contributed by atoms with Crippen LogP contribution in [0.4, 0.5) is 4.79 Å². The van der Waals surface area contributed by atoms with Crippen LogP contribution in [0, 0.1) is 0 Å². The standard InChI is InChI=1S/C17H20N6O4/c1-21-10-17(27-16(21)26)5-2-7-22(8-6-17)15(25)13-4-3-12(9-14(13)24)23-11-18-19-20-23/h3-4,9,11,24H,2,5-8,10H2,1H3/t17-/m1/s1. The Morgan fingerprint density at radius 3 is 2.81 bits per heavy atom. The smallest absolute Gasteiger partial charge is 0.410 e. The molecule has 2 aliphatic heterocycles. The molecule has 10 nitrogen and oxygen atoms in total. The van der Waals surface area contributed by atoms with Crippen LogP contribution in [0.2, 0.25) is 0 Å². The van der Waals surface area contributed by atoms with Crippen molar-refractivity contribution in [3.63, 3.8) is 0 Å². The zero-order valence-corrected chi connectivity index (χ0v) is 14.9. The molecule has 0 radical (unpaired) electrons. The fourth-order valence-corrected chi connectivity index (χ4v) is 3.72. The van der Waals surface area contributed by atoms with Crippen molar-refractivity contribution in [1.29, 1.82) is 0 Å². The Hall–Kier alpha value is -3.17. The summed E-state index contributed by atoms with van der Waals surface area (Å²) in [5, 5.41) is 21.2. The SMILES string of the molecule is CN1C[C@]2(CCCN(C(=O)c3ccc(-n4cnnn4)cc3O)CC2)OC1=O. The number of aromatic hydroxyl groups is 1. The van der Waals surface area contributed by atoms with E-state index in [1.807, 2.05) is 0 Å². The van der Waals surface area contributed by atoms with E-state index in [9.17, 15) is 14.7 Å². The summed E-state index contributed by atoms with van der Waals surface area (Å²) in [5.41, 5.74) is 0.264. The summed E-state index contributed by atoms with van der Waals surface area (Å²) >= 11 is 0. The van der Waals surface area contributed by atoms with Gasteiger partial charge in [0.1, 0.15) is 17.7 Å². The van der Waals surface area contributed by atoms with Gasteiger partial charge in [-0.1, -0.05) is 0 Å². The number of benzene rings is 1. The third kappa shape index (κ3) is 3.18. The van der Waals surface area contributed by atoms with E-state index < -0.39 is 5.60 Å². The maximum Gasteiger partial charge on any atom is 0.410 e. The van der Waals surface area contributed by atoms with E-state index in [0.717, 1.165) is 12.8 Å². The molecule has 2 aliphatic rings. The van der Waals surface area contributed by atoms with Crippen molar-refractivity contribution in [2.45, 2.75) is 24.9 Å². The van der Waals surface area contributed by atoms with Crippen LogP contribution >= 0.6 is 0 Å². The van der Waals surface area contributed by atoms with Crippen molar-refractivity contribution in [1.82, 2.24) is 30.0 Å². The number of carbonyl (C=O) groups excluding carboxylic acids is 2. The Kier molecular flexibility index (Phi) is 4.17. The van der Waals surface area contributed by atoms with E-state index in [0.29, 0.717) is 31.7 Å². The van der Waals surface area contributed by atoms with Crippen molar-refractivity contribution < 1.29 is 19.4 Å². The van der Waals surface area contributed by atoms with Gasteiger partial charge in [-0.05, 0) is 35.4 Å². The van der Waals surface area contributed by atoms with Crippen molar-refractivity contribution >= 4 is 12.0 Å². The van der Waals surface area contributed by atoms with Crippen LogP contribution in [0.3, 0.4) is 0 Å². The second kappa shape index (κ2) is 6.53. The van der Waals surface area contributed by atoms with Gasteiger partial charge in [0.2, 0.25) is 0 Å². The van der Waals surface area contributed by atoms with Gasteiger partial charge in [-0.3, -0.25) is 4.79 Å². The maximum absolute atomic E-state index is 12.9. The van der Waals surface area contributed by atoms with Gasteiger partial charge in [0.25, 0.3) is 5.91 Å². The van der Waals surface area contributed by atoms with E-state index in [1.165, 1.54) is 17.1 Å². The number of hydrogen-bond acceptors (Lipinski definition) is 7. The molecule has 0 bridgehead atoms. The number of tetrazole rings is 1.